The number of halogens is 1. The van der Waals surface area contributed by atoms with Crippen molar-refractivity contribution in [1.29, 1.82) is 0 Å². The van der Waals surface area contributed by atoms with E-state index in [9.17, 15) is 4.39 Å². The summed E-state index contributed by atoms with van der Waals surface area (Å²) < 4.78 is 15.1. The highest BCUT2D eigenvalue weighted by Gasteiger charge is 2.09. The summed E-state index contributed by atoms with van der Waals surface area (Å²) >= 11 is 0. The maximum atomic E-state index is 13.3. The van der Waals surface area contributed by atoms with Crippen LogP contribution >= 0.6 is 0 Å². The molecule has 106 valence electrons. The van der Waals surface area contributed by atoms with Gasteiger partial charge in [-0.1, -0.05) is 42.0 Å². The van der Waals surface area contributed by atoms with Crippen molar-refractivity contribution in [3.8, 4) is 11.3 Å². The molecule has 21 heavy (non-hydrogen) atoms. The number of rotatable bonds is 3. The van der Waals surface area contributed by atoms with Crippen LogP contribution in [0.15, 0.2) is 54.7 Å². The standard InChI is InChI=1S/C17H16FN3/c1-12-5-7-13(8-6-12)10-21-11-16(19)17(20-21)14-3-2-4-15(18)9-14/h2-9,11H,10,19H2,1H3. The summed E-state index contributed by atoms with van der Waals surface area (Å²) in [5.41, 5.74) is 10.2. The smallest absolute Gasteiger partial charge is 0.123 e. The van der Waals surface area contributed by atoms with Crippen LogP contribution in [0.3, 0.4) is 0 Å². The Balaban J connectivity index is 1.89. The van der Waals surface area contributed by atoms with E-state index in [1.165, 1.54) is 17.7 Å². The quantitative estimate of drug-likeness (QED) is 0.796. The highest BCUT2D eigenvalue weighted by molar-refractivity contribution is 5.71. The molecule has 2 N–H and O–H groups in total. The zero-order chi connectivity index (χ0) is 14.8. The van der Waals surface area contributed by atoms with E-state index in [1.807, 2.05) is 0 Å². The number of benzene rings is 2. The van der Waals surface area contributed by atoms with Crippen LogP contribution in [0.4, 0.5) is 10.1 Å². The fourth-order valence-electron chi connectivity index (χ4n) is 2.26. The molecule has 3 nitrogen and oxygen atoms in total. The second-order valence-electron chi connectivity index (χ2n) is 5.13. The summed E-state index contributed by atoms with van der Waals surface area (Å²) in [6, 6.07) is 14.6. The first-order valence-corrected chi connectivity index (χ1v) is 6.76. The van der Waals surface area contributed by atoms with Gasteiger partial charge in [-0.2, -0.15) is 5.10 Å². The molecule has 0 aliphatic rings. The summed E-state index contributed by atoms with van der Waals surface area (Å²) in [6.07, 6.45) is 1.78. The van der Waals surface area contributed by atoms with Crippen molar-refractivity contribution >= 4 is 5.69 Å². The molecule has 0 saturated heterocycles. The molecule has 0 aliphatic carbocycles. The lowest BCUT2D eigenvalue weighted by Gasteiger charge is -2.02. The van der Waals surface area contributed by atoms with E-state index in [-0.39, 0.29) is 5.82 Å². The van der Waals surface area contributed by atoms with Gasteiger partial charge >= 0.3 is 0 Å². The molecule has 3 aromatic rings. The van der Waals surface area contributed by atoms with E-state index < -0.39 is 0 Å². The van der Waals surface area contributed by atoms with Gasteiger partial charge in [-0.3, -0.25) is 4.68 Å². The van der Waals surface area contributed by atoms with E-state index in [0.717, 1.165) is 5.56 Å². The zero-order valence-electron chi connectivity index (χ0n) is 11.8. The molecule has 0 spiro atoms. The first-order chi connectivity index (χ1) is 10.1. The Labute approximate surface area is 122 Å². The van der Waals surface area contributed by atoms with E-state index in [2.05, 4.69) is 36.3 Å². The zero-order valence-corrected chi connectivity index (χ0v) is 11.8. The first-order valence-electron chi connectivity index (χ1n) is 6.76. The minimum Gasteiger partial charge on any atom is -0.396 e. The van der Waals surface area contributed by atoms with Crippen molar-refractivity contribution in [1.82, 2.24) is 9.78 Å². The molecule has 0 fully saturated rings. The highest BCUT2D eigenvalue weighted by Crippen LogP contribution is 2.24. The Kier molecular flexibility index (Phi) is 3.44. The predicted octanol–water partition coefficient (Wildman–Crippen LogP) is 3.63. The molecular weight excluding hydrogens is 265 g/mol. The monoisotopic (exact) mass is 281 g/mol. The average molecular weight is 281 g/mol. The maximum Gasteiger partial charge on any atom is 0.123 e. The normalized spacial score (nSPS) is 10.8. The van der Waals surface area contributed by atoms with Gasteiger partial charge in [-0.05, 0) is 24.6 Å². The molecule has 0 unspecified atom stereocenters. The average Bonchev–Trinajstić information content (AvgIpc) is 2.82. The van der Waals surface area contributed by atoms with Gasteiger partial charge in [0.2, 0.25) is 0 Å². The molecule has 3 rings (SSSR count). The third-order valence-corrected chi connectivity index (χ3v) is 3.35. The number of nitrogens with zero attached hydrogens (tertiary/aromatic N) is 2. The number of hydrogen-bond acceptors (Lipinski definition) is 2. The lowest BCUT2D eigenvalue weighted by molar-refractivity contribution is 0.628. The number of nitrogens with two attached hydrogens (primary N) is 1. The van der Waals surface area contributed by atoms with Crippen LogP contribution in [0.25, 0.3) is 11.3 Å². The van der Waals surface area contributed by atoms with Gasteiger partial charge in [-0.25, -0.2) is 4.39 Å². The van der Waals surface area contributed by atoms with Crippen molar-refractivity contribution in [2.75, 3.05) is 5.73 Å². The van der Waals surface area contributed by atoms with Crippen molar-refractivity contribution in [3.63, 3.8) is 0 Å². The van der Waals surface area contributed by atoms with E-state index in [1.54, 1.807) is 23.0 Å². The molecule has 4 heteroatoms. The molecule has 0 bridgehead atoms. The van der Waals surface area contributed by atoms with Crippen LogP contribution in [0.5, 0.6) is 0 Å². The Morgan fingerprint density at radius 2 is 1.90 bits per heavy atom. The molecule has 0 radical (unpaired) electrons. The summed E-state index contributed by atoms with van der Waals surface area (Å²) in [5, 5.41) is 4.46. The highest BCUT2D eigenvalue weighted by atomic mass is 19.1. The molecule has 0 aliphatic heterocycles. The van der Waals surface area contributed by atoms with E-state index in [0.29, 0.717) is 23.5 Å². The Morgan fingerprint density at radius 1 is 1.14 bits per heavy atom. The van der Waals surface area contributed by atoms with Gasteiger partial charge in [-0.15, -0.1) is 0 Å². The third-order valence-electron chi connectivity index (χ3n) is 3.35. The largest absolute Gasteiger partial charge is 0.396 e. The van der Waals surface area contributed by atoms with Crippen LogP contribution in [0.2, 0.25) is 0 Å². The number of aromatic nitrogens is 2. The van der Waals surface area contributed by atoms with Crippen LogP contribution in [-0.4, -0.2) is 9.78 Å². The van der Waals surface area contributed by atoms with Gasteiger partial charge < -0.3 is 5.73 Å². The second kappa shape index (κ2) is 5.40. The third kappa shape index (κ3) is 2.94. The van der Waals surface area contributed by atoms with Crippen LogP contribution in [0, 0.1) is 12.7 Å². The van der Waals surface area contributed by atoms with Gasteiger partial charge in [0.1, 0.15) is 11.5 Å². The maximum absolute atomic E-state index is 13.3. The Hall–Kier alpha value is -2.62. The molecule has 2 aromatic carbocycles. The number of hydrogen-bond donors (Lipinski definition) is 1. The fraction of sp³-hybridized carbons (Fsp3) is 0.118. The number of anilines is 1. The minimum atomic E-state index is -0.292. The number of nitrogen functional groups attached to an aromatic ring is 1. The molecule has 0 atom stereocenters. The first kappa shape index (κ1) is 13.4. The van der Waals surface area contributed by atoms with Gasteiger partial charge in [0.15, 0.2) is 0 Å². The lowest BCUT2D eigenvalue weighted by atomic mass is 10.1. The number of aryl methyl sites for hydroxylation is 1. The lowest BCUT2D eigenvalue weighted by Crippen LogP contribution is -2.00. The summed E-state index contributed by atoms with van der Waals surface area (Å²) in [5.74, 6) is -0.292. The summed E-state index contributed by atoms with van der Waals surface area (Å²) in [4.78, 5) is 0. The molecule has 1 heterocycles. The van der Waals surface area contributed by atoms with Gasteiger partial charge in [0, 0.05) is 11.8 Å². The SMILES string of the molecule is Cc1ccc(Cn2cc(N)c(-c3cccc(F)c3)n2)cc1. The molecular formula is C17H16FN3. The molecule has 0 amide bonds. The van der Waals surface area contributed by atoms with Gasteiger partial charge in [0.25, 0.3) is 0 Å². The topological polar surface area (TPSA) is 43.8 Å². The van der Waals surface area contributed by atoms with Crippen molar-refractivity contribution in [2.45, 2.75) is 13.5 Å². The molecule has 1 aromatic heterocycles. The summed E-state index contributed by atoms with van der Waals surface area (Å²) in [7, 11) is 0. The Morgan fingerprint density at radius 3 is 2.62 bits per heavy atom. The van der Waals surface area contributed by atoms with Gasteiger partial charge in [0.05, 0.1) is 12.2 Å². The molecule has 0 saturated carbocycles. The van der Waals surface area contributed by atoms with Crippen LogP contribution in [0.1, 0.15) is 11.1 Å². The van der Waals surface area contributed by atoms with Crippen LogP contribution < -0.4 is 5.73 Å². The van der Waals surface area contributed by atoms with Crippen molar-refractivity contribution < 1.29 is 4.39 Å². The van der Waals surface area contributed by atoms with E-state index in [4.69, 9.17) is 5.73 Å². The Bertz CT molecular complexity index is 760. The van der Waals surface area contributed by atoms with E-state index >= 15 is 0 Å². The predicted molar refractivity (Wildman–Crippen MR) is 82.3 cm³/mol. The summed E-state index contributed by atoms with van der Waals surface area (Å²) in [6.45, 7) is 2.69. The van der Waals surface area contributed by atoms with Crippen molar-refractivity contribution in [2.24, 2.45) is 0 Å². The fourth-order valence-corrected chi connectivity index (χ4v) is 2.26. The van der Waals surface area contributed by atoms with Crippen LogP contribution in [-0.2, 0) is 6.54 Å². The second-order valence-corrected chi connectivity index (χ2v) is 5.13. The van der Waals surface area contributed by atoms with Crippen molar-refractivity contribution in [3.05, 3.63) is 71.7 Å². The minimum absolute atomic E-state index is 0.292.